The maximum absolute atomic E-state index is 13.8. The zero-order valence-electron chi connectivity index (χ0n) is 32.8. The second-order valence-corrected chi connectivity index (χ2v) is 17.6. The van der Waals surface area contributed by atoms with Gasteiger partial charge in [0.05, 0.1) is 32.5 Å². The van der Waals surface area contributed by atoms with Gasteiger partial charge in [-0.3, -0.25) is 29.3 Å². The largest absolute Gasteiger partial charge is 0.481 e. The van der Waals surface area contributed by atoms with E-state index in [2.05, 4.69) is 25.3 Å². The summed E-state index contributed by atoms with van der Waals surface area (Å²) in [5.41, 5.74) is 6.94. The highest BCUT2D eigenvalue weighted by atomic mass is 35.5. The fourth-order valence-electron chi connectivity index (χ4n) is 10.1. The number of Topliss-reactive ketones (excluding diaryl/α,β-unsaturated/α-hetero) is 1. The molecule has 3 N–H and O–H groups in total. The van der Waals surface area contributed by atoms with Crippen LogP contribution in [0.2, 0.25) is 10.0 Å². The number of nitrogens with one attached hydrogen (secondary N) is 2. The van der Waals surface area contributed by atoms with Crippen molar-refractivity contribution in [2.45, 2.75) is 77.4 Å². The van der Waals surface area contributed by atoms with Gasteiger partial charge < -0.3 is 19.6 Å². The number of hydrogen-bond acceptors (Lipinski definition) is 8. The molecule has 0 radical (unpaired) electrons. The molecule has 2 aromatic carbocycles. The highest BCUT2D eigenvalue weighted by molar-refractivity contribution is 6.39. The summed E-state index contributed by atoms with van der Waals surface area (Å²) >= 11 is 14.0. The molecule has 4 aliphatic rings. The molecule has 0 saturated heterocycles. The number of benzene rings is 2. The number of amides is 1. The first-order valence-corrected chi connectivity index (χ1v) is 20.8. The molecule has 9 rings (SSSR count). The van der Waals surface area contributed by atoms with E-state index in [-0.39, 0.29) is 23.5 Å². The second-order valence-electron chi connectivity index (χ2n) is 16.9. The van der Waals surface area contributed by atoms with Crippen molar-refractivity contribution in [1.82, 2.24) is 39.1 Å². The van der Waals surface area contributed by atoms with Gasteiger partial charge in [0.25, 0.3) is 5.91 Å². The summed E-state index contributed by atoms with van der Waals surface area (Å²) in [6, 6.07) is 12.9. The van der Waals surface area contributed by atoms with Gasteiger partial charge in [0.1, 0.15) is 0 Å². The van der Waals surface area contributed by atoms with Gasteiger partial charge in [0.15, 0.2) is 11.6 Å². The number of aliphatic carboxylic acids is 1. The Hall–Kier alpha value is -4.82. The lowest BCUT2D eigenvalue weighted by Gasteiger charge is -2.32. The monoisotopic (exact) mass is 823 g/mol. The molecular weight excluding hydrogens is 777 g/mol. The Morgan fingerprint density at radius 2 is 1.50 bits per heavy atom. The van der Waals surface area contributed by atoms with Crippen LogP contribution in [0.4, 0.5) is 5.69 Å². The fraction of sp³-hybridized carbons (Fsp3) is 0.442. The molecule has 2 fully saturated rings. The number of ketones is 1. The van der Waals surface area contributed by atoms with Gasteiger partial charge in [-0.15, -0.1) is 0 Å². The lowest BCUT2D eigenvalue weighted by Crippen LogP contribution is -2.34. The molecule has 3 aromatic heterocycles. The van der Waals surface area contributed by atoms with Gasteiger partial charge in [-0.1, -0.05) is 53.5 Å². The molecule has 1 amide bonds. The molecule has 2 saturated carbocycles. The number of carbonyl (C=O) groups excluding carboxylic acids is 2. The molecule has 5 heterocycles. The predicted molar refractivity (Wildman–Crippen MR) is 220 cm³/mol. The first kappa shape index (κ1) is 38.7. The number of aromatic amines is 1. The Kier molecular flexibility index (Phi) is 10.1. The van der Waals surface area contributed by atoms with Gasteiger partial charge in [-0.25, -0.2) is 9.97 Å². The Morgan fingerprint density at radius 3 is 2.19 bits per heavy atom. The highest BCUT2D eigenvalue weighted by Crippen LogP contribution is 2.63. The van der Waals surface area contributed by atoms with Crippen LogP contribution in [0.25, 0.3) is 11.1 Å². The quantitative estimate of drug-likeness (QED) is 0.114. The molecule has 58 heavy (non-hydrogen) atoms. The molecule has 0 spiro atoms. The number of rotatable bonds is 12. The van der Waals surface area contributed by atoms with E-state index in [0.717, 1.165) is 106 Å². The minimum atomic E-state index is -0.627. The van der Waals surface area contributed by atoms with Crippen molar-refractivity contribution < 1.29 is 19.5 Å². The molecule has 0 atom stereocenters. The van der Waals surface area contributed by atoms with E-state index in [1.165, 1.54) is 0 Å². The third-order valence-corrected chi connectivity index (χ3v) is 14.3. The third-order valence-electron chi connectivity index (χ3n) is 13.4. The van der Waals surface area contributed by atoms with Gasteiger partial charge in [-0.05, 0) is 68.2 Å². The number of carboxylic acids is 1. The Balaban J connectivity index is 0.863. The Bertz CT molecular complexity index is 2430. The van der Waals surface area contributed by atoms with Crippen LogP contribution in [-0.2, 0) is 57.8 Å². The van der Waals surface area contributed by atoms with E-state index in [0.29, 0.717) is 57.2 Å². The predicted octanol–water partition coefficient (Wildman–Crippen LogP) is 6.87. The van der Waals surface area contributed by atoms with Gasteiger partial charge in [0, 0.05) is 100 Å². The fourth-order valence-corrected chi connectivity index (χ4v) is 10.7. The SMILES string of the molecule is Cn1c(C(=O)Cc2cccc(-c3cccc(NC(=O)c4nc5c(n4C)CCN(CCC46CCC(C(=O)O)(CC4)C6)C5)c3Cl)c2Cl)nc2c1CCN(Cc1ccn[nH]1)C2. The standard InChI is InChI=1S/C43H47Cl2N9O4/c1-51-33-11-19-54(22-27-9-17-46-50-27)24-32(33)47-38(51)35(55)21-26-5-3-6-28(36(26)44)29-7-4-8-30(37(29)45)49-40(56)39-48-31-23-53(18-10-34(31)52(39)2)20-16-42-12-14-43(25-42,15-13-42)41(57)58/h3-9,17H,10-16,18-25H2,1-2H3,(H,46,50)(H,49,56)(H,57,58). The minimum absolute atomic E-state index is 0.0653. The number of anilines is 1. The molecule has 15 heteroatoms. The summed E-state index contributed by atoms with van der Waals surface area (Å²) in [6.07, 6.45) is 8.75. The van der Waals surface area contributed by atoms with Crippen LogP contribution in [0, 0.1) is 10.8 Å². The van der Waals surface area contributed by atoms with Crippen LogP contribution in [0.5, 0.6) is 0 Å². The number of imidazole rings is 2. The minimum Gasteiger partial charge on any atom is -0.481 e. The van der Waals surface area contributed by atoms with Crippen molar-refractivity contribution in [3.05, 3.63) is 104 Å². The van der Waals surface area contributed by atoms with Crippen molar-refractivity contribution in [3.63, 3.8) is 0 Å². The van der Waals surface area contributed by atoms with Crippen molar-refractivity contribution in [2.24, 2.45) is 24.9 Å². The summed E-state index contributed by atoms with van der Waals surface area (Å²) in [5.74, 6) is -0.399. The molecule has 0 unspecified atom stereocenters. The lowest BCUT2D eigenvalue weighted by molar-refractivity contribution is -0.148. The van der Waals surface area contributed by atoms with Gasteiger partial charge in [-0.2, -0.15) is 5.10 Å². The lowest BCUT2D eigenvalue weighted by atomic mass is 9.80. The summed E-state index contributed by atoms with van der Waals surface area (Å²) < 4.78 is 3.79. The van der Waals surface area contributed by atoms with Crippen molar-refractivity contribution in [1.29, 1.82) is 0 Å². The van der Waals surface area contributed by atoms with Crippen molar-refractivity contribution in [2.75, 3.05) is 25.0 Å². The summed E-state index contributed by atoms with van der Waals surface area (Å²) in [7, 11) is 3.77. The van der Waals surface area contributed by atoms with Crippen LogP contribution < -0.4 is 5.32 Å². The van der Waals surface area contributed by atoms with E-state index < -0.39 is 11.4 Å². The molecule has 2 bridgehead atoms. The zero-order chi connectivity index (χ0) is 40.3. The topological polar surface area (TPSA) is 154 Å². The van der Waals surface area contributed by atoms with Crippen molar-refractivity contribution >= 4 is 46.5 Å². The number of H-pyrrole nitrogens is 1. The van der Waals surface area contributed by atoms with Crippen LogP contribution in [-0.4, -0.2) is 81.5 Å². The third kappa shape index (κ3) is 6.95. The number of carboxylic acid groups (broad SMARTS) is 1. The van der Waals surface area contributed by atoms with Crippen LogP contribution >= 0.6 is 23.2 Å². The highest BCUT2D eigenvalue weighted by Gasteiger charge is 2.57. The number of hydrogen-bond donors (Lipinski definition) is 3. The van der Waals surface area contributed by atoms with E-state index >= 15 is 0 Å². The normalized spacial score (nSPS) is 21.6. The second kappa shape index (κ2) is 15.1. The summed E-state index contributed by atoms with van der Waals surface area (Å²) in [4.78, 5) is 53.8. The maximum atomic E-state index is 13.8. The molecule has 5 aromatic rings. The average Bonchev–Trinajstić information content (AvgIpc) is 4.06. The first-order chi connectivity index (χ1) is 27.9. The molecule has 2 aliphatic heterocycles. The smallest absolute Gasteiger partial charge is 0.309 e. The number of halogens is 2. The number of nitrogens with zero attached hydrogens (tertiary/aromatic N) is 7. The Labute approximate surface area is 346 Å². The zero-order valence-corrected chi connectivity index (χ0v) is 34.3. The van der Waals surface area contributed by atoms with Crippen LogP contribution in [0.3, 0.4) is 0 Å². The van der Waals surface area contributed by atoms with Crippen molar-refractivity contribution in [3.8, 4) is 11.1 Å². The number of carbonyl (C=O) groups is 3. The molecule has 2 aliphatic carbocycles. The van der Waals surface area contributed by atoms with Gasteiger partial charge >= 0.3 is 5.97 Å². The molecule has 302 valence electrons. The molecule has 13 nitrogen and oxygen atoms in total. The average molecular weight is 825 g/mol. The maximum Gasteiger partial charge on any atom is 0.309 e. The van der Waals surface area contributed by atoms with Crippen LogP contribution in [0.1, 0.15) is 93.8 Å². The van der Waals surface area contributed by atoms with E-state index in [4.69, 9.17) is 33.2 Å². The van der Waals surface area contributed by atoms with Crippen LogP contribution in [0.15, 0.2) is 48.7 Å². The number of aromatic nitrogens is 6. The van der Waals surface area contributed by atoms with E-state index in [1.54, 1.807) is 12.3 Å². The van der Waals surface area contributed by atoms with E-state index in [1.807, 2.05) is 59.6 Å². The Morgan fingerprint density at radius 1 is 0.845 bits per heavy atom. The van der Waals surface area contributed by atoms with E-state index in [9.17, 15) is 19.5 Å². The summed E-state index contributed by atoms with van der Waals surface area (Å²) in [6.45, 7) is 4.65. The molecular formula is C43H47Cl2N9O4. The number of fused-ring (bicyclic) bond motifs is 4. The first-order valence-electron chi connectivity index (χ1n) is 20.1. The summed E-state index contributed by atoms with van der Waals surface area (Å²) in [5, 5.41) is 20.6. The van der Waals surface area contributed by atoms with Gasteiger partial charge in [0.2, 0.25) is 5.78 Å².